The molecule has 1 fully saturated rings. The molecule has 0 saturated carbocycles. The lowest BCUT2D eigenvalue weighted by Gasteiger charge is -2.42. The Morgan fingerprint density at radius 2 is 1.63 bits per heavy atom. The van der Waals surface area contributed by atoms with Crippen molar-refractivity contribution in [2.45, 2.75) is 44.1 Å². The minimum Gasteiger partial charge on any atom is -0.490 e. The maximum Gasteiger partial charge on any atom is 0.323 e. The molecule has 1 saturated heterocycles. The molecular weight excluding hydrogens is 587 g/mol. The van der Waals surface area contributed by atoms with E-state index in [1.54, 1.807) is 36.2 Å². The van der Waals surface area contributed by atoms with Crippen LogP contribution in [0.5, 0.6) is 5.75 Å². The molecule has 0 unspecified atom stereocenters. The van der Waals surface area contributed by atoms with Gasteiger partial charge in [-0.05, 0) is 59.9 Å². The number of benzene rings is 4. The maximum absolute atomic E-state index is 13.9. The zero-order valence-electron chi connectivity index (χ0n) is 25.4. The van der Waals surface area contributed by atoms with E-state index in [0.29, 0.717) is 36.4 Å². The number of nitrogens with zero attached hydrogens (tertiary/aromatic N) is 1. The number of hydrogen-bond acceptors (Lipinski definition) is 5. The first kappa shape index (κ1) is 30.8. The Balaban J connectivity index is 1.03. The number of urea groups is 1. The predicted octanol–water partition coefficient (Wildman–Crippen LogP) is 6.22. The lowest BCUT2D eigenvalue weighted by molar-refractivity contribution is -0.134. The molecule has 3 atom stereocenters. The monoisotopic (exact) mass is 622 g/mol. The van der Waals surface area contributed by atoms with E-state index in [1.165, 1.54) is 18.2 Å². The highest BCUT2D eigenvalue weighted by molar-refractivity contribution is 6.02. The Hall–Kier alpha value is -5.22. The Kier molecular flexibility index (Phi) is 9.25. The molecule has 3 N–H and O–H groups in total. The van der Waals surface area contributed by atoms with Crippen LogP contribution in [-0.2, 0) is 16.1 Å². The second-order valence-electron chi connectivity index (χ2n) is 11.5. The Morgan fingerprint density at radius 1 is 0.891 bits per heavy atom. The van der Waals surface area contributed by atoms with Gasteiger partial charge in [0.25, 0.3) is 5.91 Å². The van der Waals surface area contributed by atoms with E-state index in [-0.39, 0.29) is 42.7 Å². The number of para-hydroxylation sites is 1. The first-order chi connectivity index (χ1) is 22.3. The second kappa shape index (κ2) is 13.8. The van der Waals surface area contributed by atoms with Crippen LogP contribution in [0, 0.1) is 5.82 Å². The largest absolute Gasteiger partial charge is 0.490 e. The minimum atomic E-state index is -0.644. The number of likely N-dealkylation sites (N-methyl/N-ethyl adjacent to an activating group) is 1. The van der Waals surface area contributed by atoms with Gasteiger partial charge in [-0.3, -0.25) is 9.59 Å². The molecule has 46 heavy (non-hydrogen) atoms. The number of fused-ring (bicyclic) bond motifs is 2. The van der Waals surface area contributed by atoms with Crippen molar-refractivity contribution in [3.05, 3.63) is 114 Å². The lowest BCUT2D eigenvalue weighted by atomic mass is 9.94. The molecule has 9 nitrogen and oxygen atoms in total. The highest BCUT2D eigenvalue weighted by atomic mass is 19.1. The van der Waals surface area contributed by atoms with E-state index in [2.05, 4.69) is 28.1 Å². The molecule has 10 heteroatoms. The van der Waals surface area contributed by atoms with E-state index >= 15 is 0 Å². The van der Waals surface area contributed by atoms with Crippen molar-refractivity contribution in [2.75, 3.05) is 24.3 Å². The molecule has 0 aromatic heterocycles. The average molecular weight is 623 g/mol. The van der Waals surface area contributed by atoms with E-state index in [4.69, 9.17) is 9.47 Å². The van der Waals surface area contributed by atoms with Crippen molar-refractivity contribution in [2.24, 2.45) is 0 Å². The normalized spacial score (nSPS) is 19.0. The number of ether oxygens (including phenoxy) is 2. The standard InChI is InChI=1S/C36H35FN4O5/c1-41-31-17-16-27(20-34(42)38-21-23-11-13-25(14-12-23)24-7-3-2-4-8-24)46-33(31)22-45-32-18-15-26(19-28(32)35(41)43)39-36(44)40-30-10-6-5-9-29(30)37/h2-15,18-19,27,31,33H,16-17,20-22H2,1H3,(H,38,42)(H2,39,40,44)/t27-,31-,33-/m0/s1. The summed E-state index contributed by atoms with van der Waals surface area (Å²) in [5.74, 6) is -0.576. The second-order valence-corrected chi connectivity index (χ2v) is 11.5. The molecule has 4 aromatic carbocycles. The van der Waals surface area contributed by atoms with Crippen LogP contribution in [0.2, 0.25) is 0 Å². The van der Waals surface area contributed by atoms with Gasteiger partial charge in [-0.15, -0.1) is 0 Å². The molecule has 6 rings (SSSR count). The van der Waals surface area contributed by atoms with Crippen LogP contribution in [0.15, 0.2) is 97.1 Å². The fraction of sp³-hybridized carbons (Fsp3) is 0.250. The van der Waals surface area contributed by atoms with Crippen LogP contribution in [0.25, 0.3) is 11.1 Å². The zero-order valence-corrected chi connectivity index (χ0v) is 25.4. The molecule has 2 heterocycles. The SMILES string of the molecule is CN1C(=O)c2cc(NC(=O)Nc3ccccc3F)ccc2OC[C@@H]2O[C@H](CC(=O)NCc3ccc(-c4ccccc4)cc3)CC[C@@H]21. The van der Waals surface area contributed by atoms with Gasteiger partial charge in [0.05, 0.1) is 29.8 Å². The smallest absolute Gasteiger partial charge is 0.323 e. The van der Waals surface area contributed by atoms with Crippen molar-refractivity contribution >= 4 is 29.2 Å². The summed E-state index contributed by atoms with van der Waals surface area (Å²) in [7, 11) is 1.72. The van der Waals surface area contributed by atoms with Gasteiger partial charge in [-0.2, -0.15) is 0 Å². The molecule has 2 aliphatic heterocycles. The summed E-state index contributed by atoms with van der Waals surface area (Å²) in [6, 6.07) is 28.0. The first-order valence-electron chi connectivity index (χ1n) is 15.3. The number of carbonyl (C=O) groups excluding carboxylic acids is 3. The van der Waals surface area contributed by atoms with Crippen LogP contribution in [-0.4, -0.2) is 54.6 Å². The maximum atomic E-state index is 13.9. The van der Waals surface area contributed by atoms with Crippen LogP contribution in [0.3, 0.4) is 0 Å². The quantitative estimate of drug-likeness (QED) is 0.227. The number of hydrogen-bond donors (Lipinski definition) is 3. The third kappa shape index (κ3) is 7.18. The average Bonchev–Trinajstić information content (AvgIpc) is 3.07. The highest BCUT2D eigenvalue weighted by Gasteiger charge is 2.39. The van der Waals surface area contributed by atoms with Gasteiger partial charge in [0, 0.05) is 19.3 Å². The zero-order chi connectivity index (χ0) is 32.0. The fourth-order valence-corrected chi connectivity index (χ4v) is 5.88. The molecule has 2 aliphatic rings. The molecule has 0 spiro atoms. The van der Waals surface area contributed by atoms with Gasteiger partial charge in [0.15, 0.2) is 0 Å². The Bertz CT molecular complexity index is 1720. The minimum absolute atomic E-state index is 0.0401. The van der Waals surface area contributed by atoms with Gasteiger partial charge in [-0.25, -0.2) is 9.18 Å². The van der Waals surface area contributed by atoms with E-state index in [9.17, 15) is 18.8 Å². The molecule has 236 valence electrons. The molecule has 0 aliphatic carbocycles. The summed E-state index contributed by atoms with van der Waals surface area (Å²) >= 11 is 0. The lowest BCUT2D eigenvalue weighted by Crippen LogP contribution is -2.53. The van der Waals surface area contributed by atoms with Crippen LogP contribution < -0.4 is 20.7 Å². The summed E-state index contributed by atoms with van der Waals surface area (Å²) in [5.41, 5.74) is 3.96. The molecule has 4 aromatic rings. The van der Waals surface area contributed by atoms with Gasteiger partial charge in [0.1, 0.15) is 24.3 Å². The number of amides is 4. The van der Waals surface area contributed by atoms with Crippen LogP contribution >= 0.6 is 0 Å². The number of halogens is 1. The summed E-state index contributed by atoms with van der Waals surface area (Å²) in [4.78, 5) is 40.5. The Labute approximate surface area is 266 Å². The van der Waals surface area contributed by atoms with E-state index < -0.39 is 18.0 Å². The summed E-state index contributed by atoms with van der Waals surface area (Å²) < 4.78 is 26.3. The Morgan fingerprint density at radius 3 is 2.41 bits per heavy atom. The first-order valence-corrected chi connectivity index (χ1v) is 15.3. The molecule has 4 amide bonds. The van der Waals surface area contributed by atoms with Crippen LogP contribution in [0.1, 0.15) is 35.2 Å². The summed E-state index contributed by atoms with van der Waals surface area (Å²) in [6.07, 6.45) is 0.760. The number of nitrogens with one attached hydrogen (secondary N) is 3. The molecule has 0 radical (unpaired) electrons. The van der Waals surface area contributed by atoms with Crippen molar-refractivity contribution in [1.29, 1.82) is 0 Å². The van der Waals surface area contributed by atoms with Gasteiger partial charge in [-0.1, -0.05) is 66.7 Å². The topological polar surface area (TPSA) is 109 Å². The third-order valence-electron chi connectivity index (χ3n) is 8.36. The summed E-state index contributed by atoms with van der Waals surface area (Å²) in [5, 5.41) is 8.10. The molecule has 0 bridgehead atoms. The van der Waals surface area contributed by atoms with E-state index in [1.807, 2.05) is 42.5 Å². The predicted molar refractivity (Wildman–Crippen MR) is 173 cm³/mol. The van der Waals surface area contributed by atoms with Crippen molar-refractivity contribution < 1.29 is 28.2 Å². The number of anilines is 2. The number of carbonyl (C=O) groups is 3. The highest BCUT2D eigenvalue weighted by Crippen LogP contribution is 2.32. The van der Waals surface area contributed by atoms with Crippen molar-refractivity contribution in [1.82, 2.24) is 10.2 Å². The van der Waals surface area contributed by atoms with Gasteiger partial charge in [0.2, 0.25) is 5.91 Å². The fourth-order valence-electron chi connectivity index (χ4n) is 5.88. The van der Waals surface area contributed by atoms with Crippen molar-refractivity contribution in [3.63, 3.8) is 0 Å². The van der Waals surface area contributed by atoms with Crippen molar-refractivity contribution in [3.8, 4) is 16.9 Å². The van der Waals surface area contributed by atoms with Gasteiger partial charge < -0.3 is 30.3 Å². The number of rotatable bonds is 7. The summed E-state index contributed by atoms with van der Waals surface area (Å²) in [6.45, 7) is 0.618. The van der Waals surface area contributed by atoms with Gasteiger partial charge >= 0.3 is 6.03 Å². The molecular formula is C36H35FN4O5. The van der Waals surface area contributed by atoms with Crippen LogP contribution in [0.4, 0.5) is 20.6 Å². The third-order valence-corrected chi connectivity index (χ3v) is 8.36. The van der Waals surface area contributed by atoms with E-state index in [0.717, 1.165) is 16.7 Å².